The number of fused-ring (bicyclic) bond motifs is 1. The van der Waals surface area contributed by atoms with Crippen LogP contribution in [0.2, 0.25) is 0 Å². The molecule has 0 aromatic heterocycles. The summed E-state index contributed by atoms with van der Waals surface area (Å²) in [6.07, 6.45) is 3.01. The fourth-order valence-electron chi connectivity index (χ4n) is 5.25. The van der Waals surface area contributed by atoms with Gasteiger partial charge in [0.1, 0.15) is 0 Å². The van der Waals surface area contributed by atoms with Crippen LogP contribution >= 0.6 is 0 Å². The molecule has 0 spiro atoms. The van der Waals surface area contributed by atoms with Gasteiger partial charge in [0, 0.05) is 44.3 Å². The van der Waals surface area contributed by atoms with Crippen molar-refractivity contribution in [2.24, 2.45) is 0 Å². The van der Waals surface area contributed by atoms with E-state index in [-0.39, 0.29) is 17.9 Å². The van der Waals surface area contributed by atoms with Gasteiger partial charge < -0.3 is 19.7 Å². The van der Waals surface area contributed by atoms with Gasteiger partial charge in [0.2, 0.25) is 11.8 Å². The number of hydrogen-bond donors (Lipinski definition) is 1. The van der Waals surface area contributed by atoms with E-state index in [9.17, 15) is 9.59 Å². The summed E-state index contributed by atoms with van der Waals surface area (Å²) in [6, 6.07) is 14.2. The number of benzene rings is 2. The number of aryl methyl sites for hydroxylation is 1. The van der Waals surface area contributed by atoms with E-state index < -0.39 is 0 Å². The Hall–Kier alpha value is -3.10. The normalized spacial score (nSPS) is 20.7. The lowest BCUT2D eigenvalue weighted by Gasteiger charge is -2.35. The van der Waals surface area contributed by atoms with Crippen LogP contribution in [0.25, 0.3) is 0 Å². The van der Waals surface area contributed by atoms with Crippen molar-refractivity contribution in [1.82, 2.24) is 14.7 Å². The van der Waals surface area contributed by atoms with E-state index in [2.05, 4.69) is 27.2 Å². The van der Waals surface area contributed by atoms with Crippen molar-refractivity contribution in [2.45, 2.75) is 32.2 Å². The number of piperazine rings is 1. The molecule has 2 fully saturated rings. The van der Waals surface area contributed by atoms with E-state index >= 15 is 0 Å². The lowest BCUT2D eigenvalue weighted by atomic mass is 10.0. The van der Waals surface area contributed by atoms with Crippen molar-refractivity contribution in [2.75, 3.05) is 64.3 Å². The fourth-order valence-corrected chi connectivity index (χ4v) is 5.25. The minimum absolute atomic E-state index is 0.0197. The Morgan fingerprint density at radius 2 is 1.64 bits per heavy atom. The maximum absolute atomic E-state index is 13.1. The second-order valence-corrected chi connectivity index (χ2v) is 9.96. The summed E-state index contributed by atoms with van der Waals surface area (Å²) in [4.78, 5) is 31.9. The smallest absolute Gasteiger partial charge is 0.238 e. The monoisotopic (exact) mass is 492 g/mol. The highest BCUT2D eigenvalue weighted by Gasteiger charge is 2.31. The molecular weight excluding hydrogens is 456 g/mol. The molecule has 3 heterocycles. The zero-order chi connectivity index (χ0) is 24.9. The van der Waals surface area contributed by atoms with Gasteiger partial charge in [0.15, 0.2) is 11.5 Å². The van der Waals surface area contributed by atoms with Gasteiger partial charge in [-0.1, -0.05) is 23.8 Å². The number of amides is 2. The second kappa shape index (κ2) is 11.3. The number of anilines is 1. The van der Waals surface area contributed by atoms with Crippen LogP contribution in [0.3, 0.4) is 0 Å². The molecule has 0 aliphatic carbocycles. The molecule has 0 saturated carbocycles. The number of ether oxygens (including phenoxy) is 2. The fraction of sp³-hybridized carbons (Fsp3) is 0.500. The van der Waals surface area contributed by atoms with E-state index in [1.807, 2.05) is 42.2 Å². The van der Waals surface area contributed by atoms with Crippen molar-refractivity contribution in [3.63, 3.8) is 0 Å². The number of carbonyl (C=O) groups excluding carboxylic acids is 2. The Kier molecular flexibility index (Phi) is 7.72. The second-order valence-electron chi connectivity index (χ2n) is 9.96. The van der Waals surface area contributed by atoms with Crippen molar-refractivity contribution >= 4 is 17.5 Å². The summed E-state index contributed by atoms with van der Waals surface area (Å²) in [5, 5.41) is 2.96. The zero-order valence-corrected chi connectivity index (χ0v) is 21.1. The van der Waals surface area contributed by atoms with E-state index in [4.69, 9.17) is 9.47 Å². The van der Waals surface area contributed by atoms with E-state index in [1.54, 1.807) is 0 Å². The van der Waals surface area contributed by atoms with Crippen molar-refractivity contribution < 1.29 is 19.1 Å². The first-order valence-corrected chi connectivity index (χ1v) is 13.1. The number of likely N-dealkylation sites (tertiary alicyclic amines) is 1. The molecule has 2 amide bonds. The molecule has 0 bridgehead atoms. The van der Waals surface area contributed by atoms with Crippen LogP contribution in [0, 0.1) is 6.92 Å². The van der Waals surface area contributed by atoms with Crippen LogP contribution in [0.4, 0.5) is 5.69 Å². The van der Waals surface area contributed by atoms with Crippen LogP contribution < -0.4 is 14.8 Å². The van der Waals surface area contributed by atoms with Gasteiger partial charge in [-0.3, -0.25) is 19.4 Å². The lowest BCUT2D eigenvalue weighted by Crippen LogP contribution is -2.52. The van der Waals surface area contributed by atoms with Gasteiger partial charge in [-0.25, -0.2) is 0 Å². The zero-order valence-electron chi connectivity index (χ0n) is 21.1. The maximum Gasteiger partial charge on any atom is 0.238 e. The van der Waals surface area contributed by atoms with Crippen LogP contribution in [-0.4, -0.2) is 85.5 Å². The first-order chi connectivity index (χ1) is 17.5. The van der Waals surface area contributed by atoms with Gasteiger partial charge in [-0.05, 0) is 56.1 Å². The third kappa shape index (κ3) is 5.99. The summed E-state index contributed by atoms with van der Waals surface area (Å²) in [5.74, 6) is 1.77. The SMILES string of the molecule is Cc1ccc(NC(=O)CN2CCN(C(=O)CN3CCC[C@@H]3c3ccc4c(c3)OCCCO4)CC2)cc1. The molecule has 8 heteroatoms. The summed E-state index contributed by atoms with van der Waals surface area (Å²) in [7, 11) is 0. The predicted octanol–water partition coefficient (Wildman–Crippen LogP) is 3.08. The minimum atomic E-state index is -0.0197. The first-order valence-electron chi connectivity index (χ1n) is 13.1. The van der Waals surface area contributed by atoms with E-state index in [0.29, 0.717) is 52.5 Å². The summed E-state index contributed by atoms with van der Waals surface area (Å²) >= 11 is 0. The Labute approximate surface area is 213 Å². The van der Waals surface area contributed by atoms with Crippen LogP contribution in [-0.2, 0) is 9.59 Å². The maximum atomic E-state index is 13.1. The Bertz CT molecular complexity index is 1070. The van der Waals surface area contributed by atoms with Gasteiger partial charge in [0.05, 0.1) is 26.3 Å². The molecule has 2 aromatic carbocycles. The molecule has 0 unspecified atom stereocenters. The van der Waals surface area contributed by atoms with E-state index in [1.165, 1.54) is 5.56 Å². The summed E-state index contributed by atoms with van der Waals surface area (Å²) < 4.78 is 11.7. The molecule has 36 heavy (non-hydrogen) atoms. The van der Waals surface area contributed by atoms with Crippen molar-refractivity contribution in [1.29, 1.82) is 0 Å². The molecule has 5 rings (SSSR count). The number of hydrogen-bond acceptors (Lipinski definition) is 6. The highest BCUT2D eigenvalue weighted by Crippen LogP contribution is 2.37. The van der Waals surface area contributed by atoms with E-state index in [0.717, 1.165) is 48.6 Å². The molecule has 1 N–H and O–H groups in total. The summed E-state index contributed by atoms with van der Waals surface area (Å²) in [5.41, 5.74) is 3.16. The average molecular weight is 493 g/mol. The van der Waals surface area contributed by atoms with Crippen molar-refractivity contribution in [3.8, 4) is 11.5 Å². The van der Waals surface area contributed by atoms with Crippen LogP contribution in [0.15, 0.2) is 42.5 Å². The number of nitrogens with one attached hydrogen (secondary N) is 1. The predicted molar refractivity (Wildman–Crippen MR) is 138 cm³/mol. The Morgan fingerprint density at radius 1 is 0.889 bits per heavy atom. The molecule has 192 valence electrons. The molecule has 3 aliphatic heterocycles. The topological polar surface area (TPSA) is 74.4 Å². The quantitative estimate of drug-likeness (QED) is 0.668. The lowest BCUT2D eigenvalue weighted by molar-refractivity contribution is -0.134. The largest absolute Gasteiger partial charge is 0.490 e. The van der Waals surface area contributed by atoms with Crippen molar-refractivity contribution in [3.05, 3.63) is 53.6 Å². The molecule has 3 aliphatic rings. The van der Waals surface area contributed by atoms with Crippen LogP contribution in [0.5, 0.6) is 11.5 Å². The highest BCUT2D eigenvalue weighted by molar-refractivity contribution is 5.92. The molecule has 1 atom stereocenters. The molecule has 8 nitrogen and oxygen atoms in total. The number of rotatable bonds is 6. The Balaban J connectivity index is 1.10. The first kappa shape index (κ1) is 24.6. The standard InChI is InChI=1S/C28H36N4O4/c1-21-5-8-23(9-6-21)29-27(33)19-30-12-14-31(15-13-30)28(34)20-32-11-2-4-24(32)22-7-10-25-26(18-22)36-17-3-16-35-25/h5-10,18,24H,2-4,11-17,19-20H2,1H3,(H,29,33)/t24-/m1/s1. The number of carbonyl (C=O) groups is 2. The highest BCUT2D eigenvalue weighted by atomic mass is 16.5. The van der Waals surface area contributed by atoms with Gasteiger partial charge in [-0.2, -0.15) is 0 Å². The Morgan fingerprint density at radius 3 is 2.42 bits per heavy atom. The molecule has 2 aromatic rings. The minimum Gasteiger partial charge on any atom is -0.490 e. The molecular formula is C28H36N4O4. The average Bonchev–Trinajstić information content (AvgIpc) is 3.21. The third-order valence-electron chi connectivity index (χ3n) is 7.29. The van der Waals surface area contributed by atoms with Gasteiger partial charge in [-0.15, -0.1) is 0 Å². The van der Waals surface area contributed by atoms with Gasteiger partial charge >= 0.3 is 0 Å². The number of nitrogens with zero attached hydrogens (tertiary/aromatic N) is 3. The van der Waals surface area contributed by atoms with Gasteiger partial charge in [0.25, 0.3) is 0 Å². The van der Waals surface area contributed by atoms with Crippen LogP contribution in [0.1, 0.15) is 36.4 Å². The molecule has 0 radical (unpaired) electrons. The third-order valence-corrected chi connectivity index (χ3v) is 7.29. The summed E-state index contributed by atoms with van der Waals surface area (Å²) in [6.45, 7) is 7.78. The molecule has 2 saturated heterocycles.